The molecule has 1 atom stereocenters. The molecule has 0 bridgehead atoms. The molecule has 1 heterocycles. The van der Waals surface area contributed by atoms with Gasteiger partial charge >= 0.3 is 0 Å². The molecule has 0 saturated heterocycles. The molecule has 1 unspecified atom stereocenters. The highest BCUT2D eigenvalue weighted by atomic mass is 32.1. The highest BCUT2D eigenvalue weighted by molar-refractivity contribution is 7.17. The number of nitriles is 1. The third kappa shape index (κ3) is 3.45. The summed E-state index contributed by atoms with van der Waals surface area (Å²) in [6.45, 7) is 4.07. The predicted molar refractivity (Wildman–Crippen MR) is 108 cm³/mol. The van der Waals surface area contributed by atoms with E-state index in [0.29, 0.717) is 11.3 Å². The van der Waals surface area contributed by atoms with Crippen molar-refractivity contribution in [3.05, 3.63) is 53.1 Å². The summed E-state index contributed by atoms with van der Waals surface area (Å²) < 4.78 is 5.85. The van der Waals surface area contributed by atoms with Gasteiger partial charge in [-0.25, -0.2) is 0 Å². The molecule has 4 rings (SSSR count). The average Bonchev–Trinajstić information content (AvgIpc) is 3.37. The van der Waals surface area contributed by atoms with Crippen molar-refractivity contribution in [2.75, 3.05) is 0 Å². The van der Waals surface area contributed by atoms with Crippen molar-refractivity contribution in [2.24, 2.45) is 0 Å². The lowest BCUT2D eigenvalue weighted by Crippen LogP contribution is -2.10. The van der Waals surface area contributed by atoms with Gasteiger partial charge in [-0.1, -0.05) is 36.5 Å². The van der Waals surface area contributed by atoms with Crippen LogP contribution in [0.2, 0.25) is 0 Å². The van der Waals surface area contributed by atoms with Crippen molar-refractivity contribution in [3.8, 4) is 33.0 Å². The Bertz CT molecular complexity index is 1020. The smallest absolute Gasteiger partial charge is 0.148 e. The maximum absolute atomic E-state index is 9.50. The minimum Gasteiger partial charge on any atom is -0.489 e. The molecule has 1 aliphatic rings. The third-order valence-electron chi connectivity index (χ3n) is 5.05. The van der Waals surface area contributed by atoms with Crippen LogP contribution < -0.4 is 4.74 Å². The first-order valence-corrected chi connectivity index (χ1v) is 10.2. The number of nitrogens with zero attached hydrogens (tertiary/aromatic N) is 3. The Kier molecular flexibility index (Phi) is 4.91. The second kappa shape index (κ2) is 7.50. The summed E-state index contributed by atoms with van der Waals surface area (Å²) in [5, 5.41) is 20.1. The molecule has 0 saturated carbocycles. The Hall–Kier alpha value is -2.71. The standard InChI is InChI=1S/C22H21N3OS/c1-3-14(2)26-20-11-10-16(12-17(20)13-23)21-24-25-22(27-21)19-9-5-7-15-6-4-8-18(15)19/h5,7,9-12,14H,3-4,6,8H2,1-2H3. The number of ether oxygens (including phenoxy) is 1. The molecule has 0 fully saturated rings. The number of rotatable bonds is 5. The van der Waals surface area contributed by atoms with Crippen molar-refractivity contribution < 1.29 is 4.74 Å². The van der Waals surface area contributed by atoms with E-state index >= 15 is 0 Å². The van der Waals surface area contributed by atoms with E-state index in [1.807, 2.05) is 25.1 Å². The van der Waals surface area contributed by atoms with Gasteiger partial charge in [-0.3, -0.25) is 0 Å². The first-order valence-electron chi connectivity index (χ1n) is 9.35. The summed E-state index contributed by atoms with van der Waals surface area (Å²) >= 11 is 1.58. The van der Waals surface area contributed by atoms with Gasteiger partial charge in [0.2, 0.25) is 0 Å². The number of hydrogen-bond acceptors (Lipinski definition) is 5. The second-order valence-corrected chi connectivity index (χ2v) is 7.85. The maximum atomic E-state index is 9.50. The van der Waals surface area contributed by atoms with E-state index in [-0.39, 0.29) is 6.10 Å². The fourth-order valence-electron chi connectivity index (χ4n) is 3.42. The number of benzene rings is 2. The van der Waals surface area contributed by atoms with Crippen molar-refractivity contribution in [3.63, 3.8) is 0 Å². The molecule has 2 aromatic carbocycles. The molecule has 0 aliphatic heterocycles. The number of hydrogen-bond donors (Lipinski definition) is 0. The summed E-state index contributed by atoms with van der Waals surface area (Å²) in [6, 6.07) is 14.4. The van der Waals surface area contributed by atoms with Crippen molar-refractivity contribution in [1.82, 2.24) is 10.2 Å². The van der Waals surface area contributed by atoms with E-state index in [4.69, 9.17) is 4.74 Å². The van der Waals surface area contributed by atoms with Crippen LogP contribution in [0.15, 0.2) is 36.4 Å². The van der Waals surface area contributed by atoms with E-state index in [1.165, 1.54) is 23.1 Å². The molecule has 0 spiro atoms. The first kappa shape index (κ1) is 17.7. The molecule has 3 aromatic rings. The van der Waals surface area contributed by atoms with Gasteiger partial charge in [-0.15, -0.1) is 10.2 Å². The number of fused-ring (bicyclic) bond motifs is 1. The Balaban J connectivity index is 1.66. The van der Waals surface area contributed by atoms with Gasteiger partial charge in [0.05, 0.1) is 11.7 Å². The largest absolute Gasteiger partial charge is 0.489 e. The van der Waals surface area contributed by atoms with Crippen LogP contribution in [-0.4, -0.2) is 16.3 Å². The van der Waals surface area contributed by atoms with Crippen molar-refractivity contribution in [2.45, 2.75) is 45.6 Å². The Labute approximate surface area is 163 Å². The van der Waals surface area contributed by atoms with Crippen molar-refractivity contribution in [1.29, 1.82) is 5.26 Å². The van der Waals surface area contributed by atoms with E-state index in [0.717, 1.165) is 34.8 Å². The lowest BCUT2D eigenvalue weighted by Gasteiger charge is -2.14. The van der Waals surface area contributed by atoms with Crippen LogP contribution >= 0.6 is 11.3 Å². The summed E-state index contributed by atoms with van der Waals surface area (Å²) in [7, 11) is 0. The summed E-state index contributed by atoms with van der Waals surface area (Å²) in [6.07, 6.45) is 4.45. The highest BCUT2D eigenvalue weighted by Crippen LogP contribution is 2.37. The van der Waals surface area contributed by atoms with E-state index in [1.54, 1.807) is 11.3 Å². The Morgan fingerprint density at radius 1 is 1.19 bits per heavy atom. The molecule has 0 N–H and O–H groups in total. The topological polar surface area (TPSA) is 58.8 Å². The van der Waals surface area contributed by atoms with Crippen LogP contribution in [0.1, 0.15) is 43.4 Å². The molecule has 5 heteroatoms. The van der Waals surface area contributed by atoms with Gasteiger partial charge in [-0.05, 0) is 61.9 Å². The van der Waals surface area contributed by atoms with Gasteiger partial charge in [0.15, 0.2) is 0 Å². The monoisotopic (exact) mass is 375 g/mol. The van der Waals surface area contributed by atoms with Crippen molar-refractivity contribution >= 4 is 11.3 Å². The van der Waals surface area contributed by atoms with Gasteiger partial charge in [-0.2, -0.15) is 5.26 Å². The molecule has 1 aromatic heterocycles. The van der Waals surface area contributed by atoms with Crippen LogP contribution in [0.25, 0.3) is 21.1 Å². The predicted octanol–water partition coefficient (Wildman–Crippen LogP) is 5.41. The second-order valence-electron chi connectivity index (χ2n) is 6.87. The summed E-state index contributed by atoms with van der Waals surface area (Å²) in [5.41, 5.74) is 5.48. The van der Waals surface area contributed by atoms with Gasteiger partial charge < -0.3 is 4.74 Å². The van der Waals surface area contributed by atoms with Gasteiger partial charge in [0, 0.05) is 11.1 Å². The van der Waals surface area contributed by atoms with Crippen LogP contribution in [0.3, 0.4) is 0 Å². The highest BCUT2D eigenvalue weighted by Gasteiger charge is 2.19. The fraction of sp³-hybridized carbons (Fsp3) is 0.318. The fourth-order valence-corrected chi connectivity index (χ4v) is 4.31. The van der Waals surface area contributed by atoms with E-state index in [9.17, 15) is 5.26 Å². The van der Waals surface area contributed by atoms with Crippen LogP contribution in [0.4, 0.5) is 0 Å². The zero-order chi connectivity index (χ0) is 18.8. The Morgan fingerprint density at radius 2 is 2.04 bits per heavy atom. The lowest BCUT2D eigenvalue weighted by atomic mass is 10.0. The van der Waals surface area contributed by atoms with Gasteiger partial charge in [0.25, 0.3) is 0 Å². The van der Waals surface area contributed by atoms with E-state index < -0.39 is 0 Å². The zero-order valence-corrected chi connectivity index (χ0v) is 16.3. The van der Waals surface area contributed by atoms with Gasteiger partial charge in [0.1, 0.15) is 21.8 Å². The molecule has 136 valence electrons. The third-order valence-corrected chi connectivity index (χ3v) is 6.06. The quantitative estimate of drug-likeness (QED) is 0.598. The molecule has 1 aliphatic carbocycles. The first-order chi connectivity index (χ1) is 13.2. The molecular weight excluding hydrogens is 354 g/mol. The lowest BCUT2D eigenvalue weighted by molar-refractivity contribution is 0.217. The summed E-state index contributed by atoms with van der Waals surface area (Å²) in [4.78, 5) is 0. The summed E-state index contributed by atoms with van der Waals surface area (Å²) in [5.74, 6) is 0.626. The minimum atomic E-state index is 0.0799. The molecule has 27 heavy (non-hydrogen) atoms. The van der Waals surface area contributed by atoms with Crippen LogP contribution in [-0.2, 0) is 12.8 Å². The van der Waals surface area contributed by atoms with E-state index in [2.05, 4.69) is 41.4 Å². The minimum absolute atomic E-state index is 0.0799. The molecular formula is C22H21N3OS. The number of aromatic nitrogens is 2. The van der Waals surface area contributed by atoms with Crippen LogP contribution in [0, 0.1) is 11.3 Å². The number of aryl methyl sites for hydroxylation is 1. The normalized spacial score (nSPS) is 13.8. The Morgan fingerprint density at radius 3 is 2.85 bits per heavy atom. The van der Waals surface area contributed by atoms with Crippen LogP contribution in [0.5, 0.6) is 5.75 Å². The molecule has 0 amide bonds. The zero-order valence-electron chi connectivity index (χ0n) is 15.5. The SMILES string of the molecule is CCC(C)Oc1ccc(-c2nnc(-c3cccc4c3CCC4)s2)cc1C#N. The average molecular weight is 375 g/mol. The molecule has 4 nitrogen and oxygen atoms in total. The molecule has 0 radical (unpaired) electrons. The maximum Gasteiger partial charge on any atom is 0.148 e.